The van der Waals surface area contributed by atoms with E-state index in [-0.39, 0.29) is 36.2 Å². The Balaban J connectivity index is 0.000000479. The monoisotopic (exact) mass is 526 g/mol. The summed E-state index contributed by atoms with van der Waals surface area (Å²) in [5.74, 6) is -3.97. The van der Waals surface area contributed by atoms with Crippen molar-refractivity contribution in [3.8, 4) is 0 Å². The molecule has 2 heterocycles. The summed E-state index contributed by atoms with van der Waals surface area (Å²) >= 11 is 0. The number of nitrogens with one attached hydrogen (secondary N) is 2. The smallest absolute Gasteiger partial charge is 0.475 e. The van der Waals surface area contributed by atoms with Crippen LogP contribution in [0.15, 0.2) is 18.2 Å². The van der Waals surface area contributed by atoms with Gasteiger partial charge in [-0.3, -0.25) is 24.5 Å². The number of carboxylic acid groups (broad SMARTS) is 1. The lowest BCUT2D eigenvalue weighted by molar-refractivity contribution is -0.192. The molecule has 37 heavy (non-hydrogen) atoms. The third-order valence-electron chi connectivity index (χ3n) is 6.73. The zero-order valence-corrected chi connectivity index (χ0v) is 20.0. The van der Waals surface area contributed by atoms with Crippen LogP contribution in [0.3, 0.4) is 0 Å². The number of rotatable bonds is 4. The van der Waals surface area contributed by atoms with Crippen molar-refractivity contribution in [1.29, 1.82) is 0 Å². The molecule has 2 fully saturated rings. The van der Waals surface area contributed by atoms with Crippen LogP contribution in [0.25, 0.3) is 0 Å². The second kappa shape index (κ2) is 11.3. The molecule has 3 aliphatic rings. The summed E-state index contributed by atoms with van der Waals surface area (Å²) in [5, 5.41) is 12.4. The number of piperidine rings is 1. The Hall–Kier alpha value is -3.48. The number of aliphatic carboxylic acids is 1. The molecule has 5 N–H and O–H groups in total. The SMILES string of the molecule is NC1(CNC(=O)c2ccc3c(c2)CN(C2CCC(=O)NC2=O)C3=O)CCCCCC1.O=C(O)C(F)(F)F. The largest absolute Gasteiger partial charge is 0.490 e. The first-order valence-electron chi connectivity index (χ1n) is 12.0. The van der Waals surface area contributed by atoms with Crippen LogP contribution in [-0.4, -0.2) is 63.9 Å². The highest BCUT2D eigenvalue weighted by molar-refractivity contribution is 6.06. The maximum Gasteiger partial charge on any atom is 0.490 e. The van der Waals surface area contributed by atoms with Gasteiger partial charge in [-0.05, 0) is 43.0 Å². The fourth-order valence-electron chi connectivity index (χ4n) is 4.68. The second-order valence-corrected chi connectivity index (χ2v) is 9.53. The lowest BCUT2D eigenvalue weighted by Crippen LogP contribution is -2.52. The van der Waals surface area contributed by atoms with E-state index in [1.54, 1.807) is 18.2 Å². The number of benzene rings is 1. The number of carbonyl (C=O) groups excluding carboxylic acids is 4. The number of hydrogen-bond acceptors (Lipinski definition) is 6. The molecule has 0 aromatic heterocycles. The Morgan fingerprint density at radius 3 is 2.32 bits per heavy atom. The molecule has 1 aromatic carbocycles. The van der Waals surface area contributed by atoms with Crippen molar-refractivity contribution < 1.29 is 42.3 Å². The van der Waals surface area contributed by atoms with Gasteiger partial charge < -0.3 is 21.1 Å². The number of nitrogens with two attached hydrogens (primary N) is 1. The zero-order chi connectivity index (χ0) is 27.4. The number of alkyl halides is 3. The number of carbonyl (C=O) groups is 5. The van der Waals surface area contributed by atoms with Crippen LogP contribution in [0.5, 0.6) is 0 Å². The molecule has 1 saturated carbocycles. The maximum absolute atomic E-state index is 12.8. The van der Waals surface area contributed by atoms with Gasteiger partial charge in [0.2, 0.25) is 11.8 Å². The molecule has 0 radical (unpaired) electrons. The van der Waals surface area contributed by atoms with Gasteiger partial charge >= 0.3 is 12.1 Å². The van der Waals surface area contributed by atoms with Gasteiger partial charge in [-0.1, -0.05) is 25.7 Å². The van der Waals surface area contributed by atoms with Crippen LogP contribution in [0.4, 0.5) is 13.2 Å². The van der Waals surface area contributed by atoms with Crippen LogP contribution < -0.4 is 16.4 Å². The first-order valence-corrected chi connectivity index (χ1v) is 12.0. The zero-order valence-electron chi connectivity index (χ0n) is 20.0. The molecule has 0 bridgehead atoms. The normalized spacial score (nSPS) is 21.2. The van der Waals surface area contributed by atoms with Crippen molar-refractivity contribution in [3.63, 3.8) is 0 Å². The summed E-state index contributed by atoms with van der Waals surface area (Å²) in [6.45, 7) is 0.687. The van der Waals surface area contributed by atoms with Crippen molar-refractivity contribution >= 4 is 29.6 Å². The lowest BCUT2D eigenvalue weighted by atomic mass is 9.91. The number of fused-ring (bicyclic) bond motifs is 1. The van der Waals surface area contributed by atoms with Crippen LogP contribution in [0, 0.1) is 0 Å². The van der Waals surface area contributed by atoms with Gasteiger partial charge in [-0.15, -0.1) is 0 Å². The van der Waals surface area contributed by atoms with Crippen molar-refractivity contribution in [3.05, 3.63) is 34.9 Å². The van der Waals surface area contributed by atoms with E-state index >= 15 is 0 Å². The minimum atomic E-state index is -5.08. The molecule has 10 nitrogen and oxygen atoms in total. The summed E-state index contributed by atoms with van der Waals surface area (Å²) < 4.78 is 31.7. The van der Waals surface area contributed by atoms with E-state index in [0.717, 1.165) is 25.7 Å². The van der Waals surface area contributed by atoms with Crippen LogP contribution in [0.2, 0.25) is 0 Å². The highest BCUT2D eigenvalue weighted by Crippen LogP contribution is 2.28. The maximum atomic E-state index is 12.8. The predicted molar refractivity (Wildman–Crippen MR) is 123 cm³/mol. The third kappa shape index (κ3) is 7.06. The van der Waals surface area contributed by atoms with E-state index in [1.165, 1.54) is 17.7 Å². The van der Waals surface area contributed by atoms with Gasteiger partial charge in [-0.25, -0.2) is 4.79 Å². The molecule has 13 heteroatoms. The summed E-state index contributed by atoms with van der Waals surface area (Å²) in [7, 11) is 0. The molecule has 2 aliphatic heterocycles. The molecule has 1 atom stereocenters. The molecule has 1 unspecified atom stereocenters. The molecule has 1 aliphatic carbocycles. The summed E-state index contributed by atoms with van der Waals surface area (Å²) in [6.07, 6.45) is 1.82. The summed E-state index contributed by atoms with van der Waals surface area (Å²) in [4.78, 5) is 59.4. The van der Waals surface area contributed by atoms with Crippen LogP contribution in [0.1, 0.15) is 77.6 Å². The Kier molecular flexibility index (Phi) is 8.57. The van der Waals surface area contributed by atoms with Gasteiger partial charge in [0.05, 0.1) is 0 Å². The highest BCUT2D eigenvalue weighted by atomic mass is 19.4. The molecule has 4 rings (SSSR count). The van der Waals surface area contributed by atoms with E-state index in [2.05, 4.69) is 10.6 Å². The number of amides is 4. The second-order valence-electron chi connectivity index (χ2n) is 9.53. The topological polar surface area (TPSA) is 159 Å². The summed E-state index contributed by atoms with van der Waals surface area (Å²) in [6, 6.07) is 4.33. The minimum absolute atomic E-state index is 0.209. The Labute approximate surface area is 210 Å². The molecule has 0 spiro atoms. The number of halogens is 3. The number of nitrogens with zero attached hydrogens (tertiary/aromatic N) is 1. The number of hydrogen-bond donors (Lipinski definition) is 4. The lowest BCUT2D eigenvalue weighted by Gasteiger charge is -2.29. The van der Waals surface area contributed by atoms with E-state index in [0.29, 0.717) is 29.7 Å². The molecule has 202 valence electrons. The van der Waals surface area contributed by atoms with E-state index in [1.807, 2.05) is 0 Å². The predicted octanol–water partition coefficient (Wildman–Crippen LogP) is 1.86. The average Bonchev–Trinajstić information content (AvgIpc) is 2.99. The first kappa shape index (κ1) is 28.1. The first-order chi connectivity index (χ1) is 17.3. The molecular formula is C24H29F3N4O6. The van der Waals surface area contributed by atoms with Gasteiger partial charge in [-0.2, -0.15) is 13.2 Å². The highest BCUT2D eigenvalue weighted by Gasteiger charge is 2.39. The van der Waals surface area contributed by atoms with Crippen molar-refractivity contribution in [2.75, 3.05) is 6.54 Å². The molecule has 1 saturated heterocycles. The van der Waals surface area contributed by atoms with Crippen molar-refractivity contribution in [2.24, 2.45) is 5.73 Å². The average molecular weight is 527 g/mol. The Bertz CT molecular complexity index is 1080. The minimum Gasteiger partial charge on any atom is -0.475 e. The van der Waals surface area contributed by atoms with Crippen LogP contribution >= 0.6 is 0 Å². The van der Waals surface area contributed by atoms with Crippen molar-refractivity contribution in [2.45, 2.75) is 75.7 Å². The van der Waals surface area contributed by atoms with Gasteiger partial charge in [0, 0.05) is 36.2 Å². The van der Waals surface area contributed by atoms with Crippen LogP contribution in [-0.2, 0) is 20.9 Å². The number of carboxylic acids is 1. The Morgan fingerprint density at radius 1 is 1.14 bits per heavy atom. The van der Waals surface area contributed by atoms with Gasteiger partial charge in [0.15, 0.2) is 0 Å². The van der Waals surface area contributed by atoms with E-state index in [9.17, 15) is 32.3 Å². The molecule has 4 amide bonds. The summed E-state index contributed by atoms with van der Waals surface area (Å²) in [5.41, 5.74) is 7.82. The molecular weight excluding hydrogens is 497 g/mol. The quantitative estimate of drug-likeness (QED) is 0.344. The van der Waals surface area contributed by atoms with E-state index in [4.69, 9.17) is 15.6 Å². The third-order valence-corrected chi connectivity index (χ3v) is 6.73. The fraction of sp³-hybridized carbons (Fsp3) is 0.542. The standard InChI is InChI=1S/C22H28N4O4.C2HF3O2/c23-22(9-3-1-2-4-10-22)13-24-19(28)14-5-6-16-15(11-14)12-26(21(16)30)17-7-8-18(27)25-20(17)29;3-2(4,5)1(6)7/h5-6,11,17H,1-4,7-10,12-13,23H2,(H,24,28)(H,25,27,29);(H,6,7). The van der Waals surface area contributed by atoms with Crippen molar-refractivity contribution in [1.82, 2.24) is 15.5 Å². The van der Waals surface area contributed by atoms with Gasteiger partial charge in [0.25, 0.3) is 11.8 Å². The number of imide groups is 1. The Morgan fingerprint density at radius 2 is 1.76 bits per heavy atom. The molecule has 1 aromatic rings. The van der Waals surface area contributed by atoms with Gasteiger partial charge in [0.1, 0.15) is 6.04 Å². The van der Waals surface area contributed by atoms with E-state index < -0.39 is 24.1 Å². The fourth-order valence-corrected chi connectivity index (χ4v) is 4.68.